The van der Waals surface area contributed by atoms with E-state index in [0.717, 1.165) is 38.2 Å². The average molecular weight is 234 g/mol. The van der Waals surface area contributed by atoms with Crippen molar-refractivity contribution in [1.29, 1.82) is 0 Å². The molecule has 1 aromatic rings. The highest BCUT2D eigenvalue weighted by Crippen LogP contribution is 2.12. The standard InChI is InChI=1S/C12H18N4O/c13-12(17)15-10-4-7-16(8-5-10)9-11-3-1-2-6-14-11/h1-3,6,10H,4-5,7-9H2,(H3,13,15,17). The number of pyridine rings is 1. The summed E-state index contributed by atoms with van der Waals surface area (Å²) in [5.74, 6) is 0. The van der Waals surface area contributed by atoms with E-state index >= 15 is 0 Å². The third-order valence-electron chi connectivity index (χ3n) is 3.05. The third kappa shape index (κ3) is 3.71. The Morgan fingerprint density at radius 3 is 2.82 bits per heavy atom. The number of hydrogen-bond acceptors (Lipinski definition) is 3. The van der Waals surface area contributed by atoms with E-state index in [2.05, 4.69) is 15.2 Å². The van der Waals surface area contributed by atoms with E-state index in [0.29, 0.717) is 0 Å². The highest BCUT2D eigenvalue weighted by Gasteiger charge is 2.19. The number of hydrogen-bond donors (Lipinski definition) is 2. The molecule has 1 aliphatic rings. The summed E-state index contributed by atoms with van der Waals surface area (Å²) < 4.78 is 0. The van der Waals surface area contributed by atoms with Crippen LogP contribution in [-0.4, -0.2) is 35.0 Å². The maximum atomic E-state index is 10.7. The van der Waals surface area contributed by atoms with Crippen molar-refractivity contribution in [3.8, 4) is 0 Å². The number of urea groups is 1. The average Bonchev–Trinajstić information content (AvgIpc) is 2.32. The lowest BCUT2D eigenvalue weighted by Gasteiger charge is -2.31. The molecule has 1 fully saturated rings. The Bertz CT molecular complexity index is 360. The largest absolute Gasteiger partial charge is 0.352 e. The zero-order chi connectivity index (χ0) is 12.1. The first kappa shape index (κ1) is 11.9. The van der Waals surface area contributed by atoms with Crippen LogP contribution in [0.15, 0.2) is 24.4 Å². The zero-order valence-corrected chi connectivity index (χ0v) is 9.80. The molecule has 5 heteroatoms. The number of likely N-dealkylation sites (tertiary alicyclic amines) is 1. The molecule has 1 aromatic heterocycles. The molecule has 3 N–H and O–H groups in total. The van der Waals surface area contributed by atoms with Gasteiger partial charge in [-0.15, -0.1) is 0 Å². The summed E-state index contributed by atoms with van der Waals surface area (Å²) in [5, 5.41) is 2.76. The van der Waals surface area contributed by atoms with Crippen LogP contribution in [-0.2, 0) is 6.54 Å². The first-order chi connectivity index (χ1) is 8.24. The second-order valence-corrected chi connectivity index (χ2v) is 4.38. The first-order valence-electron chi connectivity index (χ1n) is 5.92. The third-order valence-corrected chi connectivity index (χ3v) is 3.05. The van der Waals surface area contributed by atoms with Crippen molar-refractivity contribution < 1.29 is 4.79 Å². The van der Waals surface area contributed by atoms with Crippen LogP contribution in [0.5, 0.6) is 0 Å². The zero-order valence-electron chi connectivity index (χ0n) is 9.80. The number of primary amides is 1. The van der Waals surface area contributed by atoms with E-state index in [1.165, 1.54) is 0 Å². The van der Waals surface area contributed by atoms with Crippen molar-refractivity contribution in [3.05, 3.63) is 30.1 Å². The van der Waals surface area contributed by atoms with Crippen molar-refractivity contribution in [3.63, 3.8) is 0 Å². The number of carbonyl (C=O) groups is 1. The molecule has 0 aliphatic carbocycles. The van der Waals surface area contributed by atoms with Crippen molar-refractivity contribution >= 4 is 6.03 Å². The van der Waals surface area contributed by atoms with Crippen LogP contribution in [0, 0.1) is 0 Å². The number of nitrogens with one attached hydrogen (secondary N) is 1. The van der Waals surface area contributed by atoms with Gasteiger partial charge in [0.1, 0.15) is 0 Å². The normalized spacial score (nSPS) is 17.9. The van der Waals surface area contributed by atoms with E-state index in [9.17, 15) is 4.79 Å². The topological polar surface area (TPSA) is 71.2 Å². The molecule has 5 nitrogen and oxygen atoms in total. The van der Waals surface area contributed by atoms with Crippen molar-refractivity contribution in [2.24, 2.45) is 5.73 Å². The highest BCUT2D eigenvalue weighted by atomic mass is 16.2. The van der Waals surface area contributed by atoms with Crippen LogP contribution in [0.4, 0.5) is 4.79 Å². The van der Waals surface area contributed by atoms with Gasteiger partial charge in [0.05, 0.1) is 5.69 Å². The van der Waals surface area contributed by atoms with Crippen molar-refractivity contribution in [2.75, 3.05) is 13.1 Å². The van der Waals surface area contributed by atoms with Gasteiger partial charge in [0.2, 0.25) is 0 Å². The van der Waals surface area contributed by atoms with Gasteiger partial charge in [-0.05, 0) is 25.0 Å². The number of amides is 2. The van der Waals surface area contributed by atoms with Crippen LogP contribution >= 0.6 is 0 Å². The van der Waals surface area contributed by atoms with Crippen molar-refractivity contribution in [2.45, 2.75) is 25.4 Å². The molecular formula is C12H18N4O. The maximum Gasteiger partial charge on any atom is 0.312 e. The summed E-state index contributed by atoms with van der Waals surface area (Å²) in [4.78, 5) is 17.4. The Morgan fingerprint density at radius 2 is 2.24 bits per heavy atom. The Hall–Kier alpha value is -1.62. The summed E-state index contributed by atoms with van der Waals surface area (Å²) in [5.41, 5.74) is 6.20. The van der Waals surface area contributed by atoms with Crippen LogP contribution in [0.2, 0.25) is 0 Å². The molecule has 2 heterocycles. The van der Waals surface area contributed by atoms with Gasteiger partial charge in [-0.3, -0.25) is 9.88 Å². The predicted molar refractivity (Wildman–Crippen MR) is 65.3 cm³/mol. The SMILES string of the molecule is NC(=O)NC1CCN(Cc2ccccn2)CC1. The van der Waals surface area contributed by atoms with E-state index < -0.39 is 6.03 Å². The fourth-order valence-corrected chi connectivity index (χ4v) is 2.16. The molecule has 0 bridgehead atoms. The lowest BCUT2D eigenvalue weighted by atomic mass is 10.1. The Morgan fingerprint density at radius 1 is 1.47 bits per heavy atom. The second kappa shape index (κ2) is 5.63. The number of rotatable bonds is 3. The Balaban J connectivity index is 1.78. The molecule has 92 valence electrons. The summed E-state index contributed by atoms with van der Waals surface area (Å²) in [6, 6.07) is 5.77. The number of carbonyl (C=O) groups excluding carboxylic acids is 1. The highest BCUT2D eigenvalue weighted by molar-refractivity contribution is 5.71. The van der Waals surface area contributed by atoms with Crippen molar-refractivity contribution in [1.82, 2.24) is 15.2 Å². The molecule has 17 heavy (non-hydrogen) atoms. The van der Waals surface area contributed by atoms with Gasteiger partial charge >= 0.3 is 6.03 Å². The molecule has 1 aliphatic heterocycles. The van der Waals surface area contributed by atoms with Gasteiger partial charge < -0.3 is 11.1 Å². The molecule has 0 aromatic carbocycles. The second-order valence-electron chi connectivity index (χ2n) is 4.38. The minimum Gasteiger partial charge on any atom is -0.352 e. The van der Waals surface area contributed by atoms with Crippen LogP contribution in [0.25, 0.3) is 0 Å². The monoisotopic (exact) mass is 234 g/mol. The van der Waals surface area contributed by atoms with E-state index in [1.54, 1.807) is 0 Å². The molecule has 1 saturated heterocycles. The number of nitrogens with zero attached hydrogens (tertiary/aromatic N) is 2. The lowest BCUT2D eigenvalue weighted by molar-refractivity contribution is 0.187. The van der Waals surface area contributed by atoms with E-state index in [-0.39, 0.29) is 6.04 Å². The van der Waals surface area contributed by atoms with E-state index in [4.69, 9.17) is 5.73 Å². The summed E-state index contributed by atoms with van der Waals surface area (Å²) >= 11 is 0. The molecule has 0 spiro atoms. The molecule has 0 atom stereocenters. The number of piperidine rings is 1. The minimum absolute atomic E-state index is 0.229. The van der Waals surface area contributed by atoms with Crippen LogP contribution in [0.1, 0.15) is 18.5 Å². The quantitative estimate of drug-likeness (QED) is 0.809. The number of aromatic nitrogens is 1. The minimum atomic E-state index is -0.423. The predicted octanol–water partition coefficient (Wildman–Crippen LogP) is 0.714. The van der Waals surface area contributed by atoms with E-state index in [1.807, 2.05) is 24.4 Å². The smallest absolute Gasteiger partial charge is 0.312 e. The molecule has 0 radical (unpaired) electrons. The van der Waals surface area contributed by atoms with Gasteiger partial charge in [0, 0.05) is 31.9 Å². The maximum absolute atomic E-state index is 10.7. The number of nitrogens with two attached hydrogens (primary N) is 1. The summed E-state index contributed by atoms with van der Waals surface area (Å²) in [6.07, 6.45) is 3.72. The molecule has 2 rings (SSSR count). The van der Waals surface area contributed by atoms with Gasteiger partial charge in [-0.1, -0.05) is 6.07 Å². The summed E-state index contributed by atoms with van der Waals surface area (Å²) in [7, 11) is 0. The van der Waals surface area contributed by atoms with Gasteiger partial charge in [0.15, 0.2) is 0 Å². The summed E-state index contributed by atoms with van der Waals surface area (Å²) in [6.45, 7) is 2.83. The molecular weight excluding hydrogens is 216 g/mol. The Labute approximate surface area is 101 Å². The fraction of sp³-hybridized carbons (Fsp3) is 0.500. The van der Waals surface area contributed by atoms with Gasteiger partial charge in [-0.2, -0.15) is 0 Å². The van der Waals surface area contributed by atoms with Gasteiger partial charge in [0.25, 0.3) is 0 Å². The molecule has 0 saturated carbocycles. The van der Waals surface area contributed by atoms with Crippen LogP contribution in [0.3, 0.4) is 0 Å². The van der Waals surface area contributed by atoms with Crippen LogP contribution < -0.4 is 11.1 Å². The van der Waals surface area contributed by atoms with Gasteiger partial charge in [-0.25, -0.2) is 4.79 Å². The first-order valence-corrected chi connectivity index (χ1v) is 5.92. The molecule has 0 unspecified atom stereocenters. The Kier molecular flexibility index (Phi) is 3.93. The lowest BCUT2D eigenvalue weighted by Crippen LogP contribution is -2.46. The molecule has 2 amide bonds. The fourth-order valence-electron chi connectivity index (χ4n) is 2.16.